The lowest BCUT2D eigenvalue weighted by molar-refractivity contribution is -0.127. The van der Waals surface area contributed by atoms with E-state index in [0.717, 1.165) is 44.2 Å². The number of nitrogens with one attached hydrogen (secondary N) is 2. The van der Waals surface area contributed by atoms with Crippen molar-refractivity contribution in [3.8, 4) is 0 Å². The smallest absolute Gasteiger partial charge is 0.243 e. The Hall–Kier alpha value is -1.16. The summed E-state index contributed by atoms with van der Waals surface area (Å²) in [5.74, 6) is 1.76. The predicted molar refractivity (Wildman–Crippen MR) is 128 cm³/mol. The highest BCUT2D eigenvalue weighted by Gasteiger charge is 2.20. The second kappa shape index (κ2) is 13.1. The average molecular weight is 505 g/mol. The molecule has 1 amide bonds. The summed E-state index contributed by atoms with van der Waals surface area (Å²) in [7, 11) is 3.51. The molecular formula is C19H32IN5OS. The van der Waals surface area contributed by atoms with Crippen molar-refractivity contribution in [3.63, 3.8) is 0 Å². The van der Waals surface area contributed by atoms with Gasteiger partial charge in [0.25, 0.3) is 0 Å². The molecule has 2 N–H and O–H groups in total. The second-order valence-electron chi connectivity index (χ2n) is 6.61. The molecule has 1 aromatic carbocycles. The number of likely N-dealkylation sites (N-methyl/N-ethyl adjacent to an activating group) is 1. The van der Waals surface area contributed by atoms with Crippen LogP contribution >= 0.6 is 35.7 Å². The number of carbonyl (C=O) groups excluding carboxylic acids is 1. The minimum absolute atomic E-state index is 0. The number of rotatable bonds is 7. The molecule has 0 saturated carbocycles. The number of hydrogen-bond donors (Lipinski definition) is 2. The third-order valence-corrected chi connectivity index (χ3v) is 5.04. The Morgan fingerprint density at radius 2 is 1.93 bits per heavy atom. The van der Waals surface area contributed by atoms with E-state index in [0.29, 0.717) is 6.04 Å². The summed E-state index contributed by atoms with van der Waals surface area (Å²) in [6.45, 7) is 3.06. The van der Waals surface area contributed by atoms with Crippen molar-refractivity contribution in [1.29, 1.82) is 0 Å². The molecule has 1 saturated heterocycles. The summed E-state index contributed by atoms with van der Waals surface area (Å²) in [5.41, 5.74) is 1.29. The van der Waals surface area contributed by atoms with Crippen LogP contribution in [0.25, 0.3) is 0 Å². The number of thioether (sulfide) groups is 1. The van der Waals surface area contributed by atoms with Crippen molar-refractivity contribution in [1.82, 2.24) is 15.5 Å². The van der Waals surface area contributed by atoms with Crippen molar-refractivity contribution in [2.24, 2.45) is 4.99 Å². The van der Waals surface area contributed by atoms with E-state index in [1.165, 1.54) is 5.69 Å². The molecule has 0 atom stereocenters. The monoisotopic (exact) mass is 505 g/mol. The molecule has 1 fully saturated rings. The zero-order valence-electron chi connectivity index (χ0n) is 16.5. The summed E-state index contributed by atoms with van der Waals surface area (Å²) in [5, 5.41) is 6.85. The van der Waals surface area contributed by atoms with Gasteiger partial charge in [-0.1, -0.05) is 18.2 Å². The summed E-state index contributed by atoms with van der Waals surface area (Å²) in [6.07, 6.45) is 4.19. The van der Waals surface area contributed by atoms with E-state index < -0.39 is 0 Å². The highest BCUT2D eigenvalue weighted by Crippen LogP contribution is 2.19. The number of hydrogen-bond acceptors (Lipinski definition) is 4. The van der Waals surface area contributed by atoms with Crippen LogP contribution in [0.1, 0.15) is 12.8 Å². The van der Waals surface area contributed by atoms with Gasteiger partial charge in [-0.3, -0.25) is 4.79 Å². The average Bonchev–Trinajstić information content (AvgIpc) is 2.67. The van der Waals surface area contributed by atoms with Gasteiger partial charge in [-0.2, -0.15) is 11.8 Å². The van der Waals surface area contributed by atoms with Crippen molar-refractivity contribution in [3.05, 3.63) is 30.3 Å². The van der Waals surface area contributed by atoms with E-state index in [4.69, 9.17) is 0 Å². The Labute approximate surface area is 184 Å². The molecule has 1 aliphatic heterocycles. The molecule has 2 rings (SSSR count). The maximum atomic E-state index is 11.8. The van der Waals surface area contributed by atoms with Gasteiger partial charge < -0.3 is 20.4 Å². The number of amides is 1. The van der Waals surface area contributed by atoms with Gasteiger partial charge in [0.15, 0.2) is 5.96 Å². The fourth-order valence-electron chi connectivity index (χ4n) is 2.83. The summed E-state index contributed by atoms with van der Waals surface area (Å²) < 4.78 is 0. The molecule has 1 aliphatic rings. The molecule has 0 unspecified atom stereocenters. The first-order valence-electron chi connectivity index (χ1n) is 9.14. The van der Waals surface area contributed by atoms with Gasteiger partial charge in [0.1, 0.15) is 6.54 Å². The van der Waals surface area contributed by atoms with Crippen LogP contribution < -0.4 is 15.5 Å². The third-order valence-electron chi connectivity index (χ3n) is 4.43. The molecule has 0 radical (unpaired) electrons. The Morgan fingerprint density at radius 1 is 1.26 bits per heavy atom. The first-order chi connectivity index (χ1) is 12.6. The van der Waals surface area contributed by atoms with E-state index in [9.17, 15) is 4.79 Å². The molecule has 152 valence electrons. The maximum Gasteiger partial charge on any atom is 0.243 e. The quantitative estimate of drug-likeness (QED) is 0.258. The second-order valence-corrected chi connectivity index (χ2v) is 7.60. The van der Waals surface area contributed by atoms with Crippen molar-refractivity contribution < 1.29 is 4.79 Å². The highest BCUT2D eigenvalue weighted by molar-refractivity contribution is 14.0. The van der Waals surface area contributed by atoms with Gasteiger partial charge in [-0.15, -0.1) is 24.0 Å². The number of anilines is 1. The zero-order chi connectivity index (χ0) is 18.8. The molecule has 8 heteroatoms. The number of guanidine groups is 1. The van der Waals surface area contributed by atoms with Crippen LogP contribution in [-0.4, -0.2) is 75.1 Å². The molecule has 0 aliphatic carbocycles. The Bertz CT molecular complexity index is 577. The SMILES string of the molecule is CSCCNC(=NCC(=O)N(C)C)NC1CCN(c2ccccc2)CC1.I. The molecule has 0 bridgehead atoms. The summed E-state index contributed by atoms with van der Waals surface area (Å²) in [6, 6.07) is 10.9. The van der Waals surface area contributed by atoms with Gasteiger partial charge in [-0.05, 0) is 31.2 Å². The molecular weight excluding hydrogens is 473 g/mol. The number of benzene rings is 1. The Morgan fingerprint density at radius 3 is 2.52 bits per heavy atom. The van der Waals surface area contributed by atoms with E-state index in [2.05, 4.69) is 57.1 Å². The third kappa shape index (κ3) is 8.59. The lowest BCUT2D eigenvalue weighted by atomic mass is 10.0. The van der Waals surface area contributed by atoms with Crippen LogP contribution in [-0.2, 0) is 4.79 Å². The summed E-state index contributed by atoms with van der Waals surface area (Å²) >= 11 is 1.79. The molecule has 0 aromatic heterocycles. The topological polar surface area (TPSA) is 60.0 Å². The van der Waals surface area contributed by atoms with Crippen LogP contribution in [0.5, 0.6) is 0 Å². The largest absolute Gasteiger partial charge is 0.371 e. The van der Waals surface area contributed by atoms with E-state index in [1.807, 2.05) is 0 Å². The summed E-state index contributed by atoms with van der Waals surface area (Å²) in [4.78, 5) is 20.3. The maximum absolute atomic E-state index is 11.8. The van der Waals surface area contributed by atoms with Gasteiger partial charge in [-0.25, -0.2) is 4.99 Å². The zero-order valence-corrected chi connectivity index (χ0v) is 19.6. The van der Waals surface area contributed by atoms with Crippen LogP contribution in [0.4, 0.5) is 5.69 Å². The van der Waals surface area contributed by atoms with E-state index in [-0.39, 0.29) is 36.4 Å². The number of piperidine rings is 1. The molecule has 27 heavy (non-hydrogen) atoms. The van der Waals surface area contributed by atoms with E-state index >= 15 is 0 Å². The number of halogens is 1. The number of carbonyl (C=O) groups is 1. The van der Waals surface area contributed by atoms with Gasteiger partial charge in [0.2, 0.25) is 5.91 Å². The highest BCUT2D eigenvalue weighted by atomic mass is 127. The van der Waals surface area contributed by atoms with E-state index in [1.54, 1.807) is 30.8 Å². The minimum Gasteiger partial charge on any atom is -0.371 e. The van der Waals surface area contributed by atoms with Crippen molar-refractivity contribution in [2.75, 3.05) is 57.2 Å². The number of aliphatic imine (C=N–C) groups is 1. The number of para-hydroxylation sites is 1. The molecule has 6 nitrogen and oxygen atoms in total. The predicted octanol–water partition coefficient (Wildman–Crippen LogP) is 2.26. The molecule has 1 aromatic rings. The lowest BCUT2D eigenvalue weighted by Gasteiger charge is -2.34. The molecule has 0 spiro atoms. The van der Waals surface area contributed by atoms with Gasteiger partial charge in [0, 0.05) is 51.2 Å². The van der Waals surface area contributed by atoms with Crippen LogP contribution in [0, 0.1) is 0 Å². The molecule has 1 heterocycles. The van der Waals surface area contributed by atoms with Crippen LogP contribution in [0.2, 0.25) is 0 Å². The van der Waals surface area contributed by atoms with Gasteiger partial charge >= 0.3 is 0 Å². The van der Waals surface area contributed by atoms with Crippen LogP contribution in [0.3, 0.4) is 0 Å². The Kier molecular flexibility index (Phi) is 11.6. The van der Waals surface area contributed by atoms with Crippen molar-refractivity contribution >= 4 is 53.3 Å². The van der Waals surface area contributed by atoms with Crippen LogP contribution in [0.15, 0.2) is 35.3 Å². The first-order valence-corrected chi connectivity index (χ1v) is 10.5. The normalized spacial score (nSPS) is 15.1. The standard InChI is InChI=1S/C19H31N5OS.HI/c1-23(2)18(25)15-21-19(20-11-14-26-3)22-16-9-12-24(13-10-16)17-7-5-4-6-8-17;/h4-8,16H,9-15H2,1-3H3,(H2,20,21,22);1H. The fourth-order valence-corrected chi connectivity index (χ4v) is 3.13. The number of nitrogens with zero attached hydrogens (tertiary/aromatic N) is 3. The van der Waals surface area contributed by atoms with Gasteiger partial charge in [0.05, 0.1) is 0 Å². The first kappa shape index (κ1) is 23.9. The van der Waals surface area contributed by atoms with Crippen molar-refractivity contribution in [2.45, 2.75) is 18.9 Å². The fraction of sp³-hybridized carbons (Fsp3) is 0.579. The Balaban J connectivity index is 0.00000364. The lowest BCUT2D eigenvalue weighted by Crippen LogP contribution is -2.49. The minimum atomic E-state index is 0.